The summed E-state index contributed by atoms with van der Waals surface area (Å²) in [5.74, 6) is 2.62. The Labute approximate surface area is 76.2 Å². The van der Waals surface area contributed by atoms with Crippen molar-refractivity contribution in [3.63, 3.8) is 0 Å². The lowest BCUT2D eigenvalue weighted by Gasteiger charge is -2.21. The maximum atomic E-state index is 5.54. The summed E-state index contributed by atoms with van der Waals surface area (Å²) in [6.45, 7) is 5.09. The van der Waals surface area contributed by atoms with Gasteiger partial charge in [0.15, 0.2) is 0 Å². The van der Waals surface area contributed by atoms with Crippen molar-refractivity contribution in [2.24, 2.45) is 11.1 Å². The molecule has 0 aliphatic rings. The highest BCUT2D eigenvalue weighted by molar-refractivity contribution is 5.85. The summed E-state index contributed by atoms with van der Waals surface area (Å²) in [5.41, 5.74) is 5.81. The topological polar surface area (TPSA) is 26.0 Å². The van der Waals surface area contributed by atoms with E-state index in [-0.39, 0.29) is 17.8 Å². The smallest absolute Gasteiger partial charge is 0.00862 e. The highest BCUT2D eigenvalue weighted by Crippen LogP contribution is 2.20. The maximum absolute atomic E-state index is 5.54. The van der Waals surface area contributed by atoms with Crippen LogP contribution in [-0.4, -0.2) is 6.54 Å². The highest BCUT2D eigenvalue weighted by atomic mass is 35.5. The van der Waals surface area contributed by atoms with Crippen LogP contribution < -0.4 is 5.73 Å². The molecule has 0 amide bonds. The summed E-state index contributed by atoms with van der Waals surface area (Å²) in [7, 11) is 0. The molecule has 2 heteroatoms. The van der Waals surface area contributed by atoms with Crippen molar-refractivity contribution in [1.29, 1.82) is 0 Å². The van der Waals surface area contributed by atoms with E-state index in [9.17, 15) is 0 Å². The molecule has 0 unspecified atom stereocenters. The molecule has 0 aromatic carbocycles. The van der Waals surface area contributed by atoms with E-state index < -0.39 is 0 Å². The van der Waals surface area contributed by atoms with E-state index in [2.05, 4.69) is 19.8 Å². The van der Waals surface area contributed by atoms with Gasteiger partial charge >= 0.3 is 0 Å². The number of rotatable bonds is 4. The fraction of sp³-hybridized carbons (Fsp3) is 0.778. The van der Waals surface area contributed by atoms with Crippen molar-refractivity contribution in [2.75, 3.05) is 6.54 Å². The zero-order valence-electron chi connectivity index (χ0n) is 7.39. The lowest BCUT2D eigenvalue weighted by Crippen LogP contribution is -2.23. The molecule has 0 bridgehead atoms. The first kappa shape index (κ1) is 13.4. The van der Waals surface area contributed by atoms with Gasteiger partial charge in [0, 0.05) is 6.42 Å². The molecular formula is C9H18ClN. The minimum Gasteiger partial charge on any atom is -0.330 e. The Hall–Kier alpha value is -0.190. The number of hydrogen-bond donors (Lipinski definition) is 1. The molecule has 0 heterocycles. The van der Waals surface area contributed by atoms with E-state index in [0.29, 0.717) is 0 Å². The predicted molar refractivity (Wildman–Crippen MR) is 52.8 cm³/mol. The summed E-state index contributed by atoms with van der Waals surface area (Å²) >= 11 is 0. The second-order valence-electron chi connectivity index (χ2n) is 3.43. The summed E-state index contributed by atoms with van der Waals surface area (Å²) in [5, 5.41) is 0. The van der Waals surface area contributed by atoms with Crippen LogP contribution in [0, 0.1) is 17.8 Å². The minimum absolute atomic E-state index is 0. The van der Waals surface area contributed by atoms with Crippen molar-refractivity contribution < 1.29 is 0 Å². The largest absolute Gasteiger partial charge is 0.330 e. The van der Waals surface area contributed by atoms with E-state index in [1.807, 2.05) is 0 Å². The molecule has 2 N–H and O–H groups in total. The van der Waals surface area contributed by atoms with Crippen molar-refractivity contribution in [2.45, 2.75) is 33.1 Å². The van der Waals surface area contributed by atoms with Gasteiger partial charge in [-0.15, -0.1) is 24.8 Å². The van der Waals surface area contributed by atoms with Gasteiger partial charge in [0.25, 0.3) is 0 Å². The van der Waals surface area contributed by atoms with Crippen molar-refractivity contribution >= 4 is 12.4 Å². The van der Waals surface area contributed by atoms with Crippen molar-refractivity contribution in [3.05, 3.63) is 0 Å². The number of halogens is 1. The van der Waals surface area contributed by atoms with Crippen LogP contribution in [0.15, 0.2) is 0 Å². The first-order chi connectivity index (χ1) is 4.62. The molecule has 0 aromatic rings. The predicted octanol–water partition coefficient (Wildman–Crippen LogP) is 2.20. The SMILES string of the molecule is C#CCCCC(C)(C)CN.Cl. The molecular weight excluding hydrogens is 158 g/mol. The normalized spacial score (nSPS) is 10.0. The monoisotopic (exact) mass is 175 g/mol. The number of unbranched alkanes of at least 4 members (excludes halogenated alkanes) is 1. The van der Waals surface area contributed by atoms with Crippen molar-refractivity contribution in [1.82, 2.24) is 0 Å². The zero-order chi connectivity index (χ0) is 8.04. The van der Waals surface area contributed by atoms with Gasteiger partial charge in [-0.3, -0.25) is 0 Å². The van der Waals surface area contributed by atoms with Gasteiger partial charge in [0.2, 0.25) is 0 Å². The Bertz CT molecular complexity index is 124. The molecule has 0 aromatic heterocycles. The molecule has 0 saturated carbocycles. The van der Waals surface area contributed by atoms with Crippen molar-refractivity contribution in [3.8, 4) is 12.3 Å². The fourth-order valence-electron chi connectivity index (χ4n) is 0.771. The summed E-state index contributed by atoms with van der Waals surface area (Å²) in [6, 6.07) is 0. The summed E-state index contributed by atoms with van der Waals surface area (Å²) in [6.07, 6.45) is 8.23. The molecule has 0 fully saturated rings. The summed E-state index contributed by atoms with van der Waals surface area (Å²) in [4.78, 5) is 0. The van der Waals surface area contributed by atoms with E-state index in [1.54, 1.807) is 0 Å². The molecule has 0 atom stereocenters. The molecule has 0 saturated heterocycles. The molecule has 11 heavy (non-hydrogen) atoms. The van der Waals surface area contributed by atoms with Crippen LogP contribution in [-0.2, 0) is 0 Å². The van der Waals surface area contributed by atoms with Crippen LogP contribution in [0.3, 0.4) is 0 Å². The lowest BCUT2D eigenvalue weighted by atomic mass is 9.87. The molecule has 0 spiro atoms. The number of nitrogens with two attached hydrogens (primary N) is 1. The average molecular weight is 176 g/mol. The molecule has 1 nitrogen and oxygen atoms in total. The Balaban J connectivity index is 0. The second-order valence-corrected chi connectivity index (χ2v) is 3.43. The summed E-state index contributed by atoms with van der Waals surface area (Å²) < 4.78 is 0. The van der Waals surface area contributed by atoms with Gasteiger partial charge in [-0.25, -0.2) is 0 Å². The van der Waals surface area contributed by atoms with Gasteiger partial charge < -0.3 is 5.73 Å². The van der Waals surface area contributed by atoms with Gasteiger partial charge in [-0.2, -0.15) is 0 Å². The lowest BCUT2D eigenvalue weighted by molar-refractivity contribution is 0.339. The first-order valence-electron chi connectivity index (χ1n) is 3.76. The van der Waals surface area contributed by atoms with Crippen LogP contribution in [0.25, 0.3) is 0 Å². The highest BCUT2D eigenvalue weighted by Gasteiger charge is 2.13. The molecule has 0 radical (unpaired) electrons. The van der Waals surface area contributed by atoms with Gasteiger partial charge in [-0.1, -0.05) is 13.8 Å². The third-order valence-corrected chi connectivity index (χ3v) is 1.73. The van der Waals surface area contributed by atoms with Crippen LogP contribution in [0.2, 0.25) is 0 Å². The second kappa shape index (κ2) is 6.52. The number of hydrogen-bond acceptors (Lipinski definition) is 1. The standard InChI is InChI=1S/C9H17N.ClH/c1-4-5-6-7-9(2,3)8-10;/h1H,5-8,10H2,2-3H3;1H. The van der Waals surface area contributed by atoms with Gasteiger partial charge in [-0.05, 0) is 24.8 Å². The third-order valence-electron chi connectivity index (χ3n) is 1.73. The minimum atomic E-state index is 0. The Morgan fingerprint density at radius 3 is 2.36 bits per heavy atom. The van der Waals surface area contributed by atoms with Crippen LogP contribution >= 0.6 is 12.4 Å². The Morgan fingerprint density at radius 2 is 2.00 bits per heavy atom. The maximum Gasteiger partial charge on any atom is 0.00862 e. The first-order valence-corrected chi connectivity index (χ1v) is 3.76. The third kappa shape index (κ3) is 7.71. The van der Waals surface area contributed by atoms with Crippen LogP contribution in [0.4, 0.5) is 0 Å². The van der Waals surface area contributed by atoms with E-state index in [4.69, 9.17) is 12.2 Å². The quantitative estimate of drug-likeness (QED) is 0.515. The Morgan fingerprint density at radius 1 is 1.45 bits per heavy atom. The average Bonchev–Trinajstić information content (AvgIpc) is 1.89. The molecule has 0 rings (SSSR count). The zero-order valence-corrected chi connectivity index (χ0v) is 8.21. The van der Waals surface area contributed by atoms with E-state index in [1.165, 1.54) is 0 Å². The molecule has 66 valence electrons. The van der Waals surface area contributed by atoms with Crippen LogP contribution in [0.1, 0.15) is 33.1 Å². The molecule has 0 aliphatic heterocycles. The molecule has 0 aliphatic carbocycles. The van der Waals surface area contributed by atoms with Gasteiger partial charge in [0.05, 0.1) is 0 Å². The number of terminal acetylenes is 1. The fourth-order valence-corrected chi connectivity index (χ4v) is 0.771. The van der Waals surface area contributed by atoms with Gasteiger partial charge in [0.1, 0.15) is 0 Å². The van der Waals surface area contributed by atoms with Crippen LogP contribution in [0.5, 0.6) is 0 Å². The Kier molecular flexibility index (Phi) is 7.94. The van der Waals surface area contributed by atoms with E-state index >= 15 is 0 Å². The van der Waals surface area contributed by atoms with E-state index in [0.717, 1.165) is 25.8 Å².